The zero-order chi connectivity index (χ0) is 31.8. The van der Waals surface area contributed by atoms with E-state index in [1.807, 2.05) is 56.3 Å². The fraction of sp³-hybridized carbons (Fsp3) is 0.400. The summed E-state index contributed by atoms with van der Waals surface area (Å²) < 4.78 is 17.2. The van der Waals surface area contributed by atoms with Gasteiger partial charge in [-0.1, -0.05) is 56.7 Å². The van der Waals surface area contributed by atoms with Gasteiger partial charge in [0.25, 0.3) is 0 Å². The molecule has 3 N–H and O–H groups in total. The lowest BCUT2D eigenvalue weighted by atomic mass is 9.95. The maximum absolute atomic E-state index is 13.8. The van der Waals surface area contributed by atoms with Crippen LogP contribution >= 0.6 is 0 Å². The Morgan fingerprint density at radius 2 is 1.70 bits per heavy atom. The summed E-state index contributed by atoms with van der Waals surface area (Å²) in [5, 5.41) is 9.34. The molecule has 4 rings (SSSR count). The number of carbonyl (C=O) groups excluding carboxylic acids is 2. The molecule has 9 heteroatoms. The Balaban J connectivity index is 1.77. The largest absolute Gasteiger partial charge is 0.493 e. The predicted molar refractivity (Wildman–Crippen MR) is 173 cm³/mol. The minimum Gasteiger partial charge on any atom is -0.493 e. The smallest absolute Gasteiger partial charge is 0.242 e. The summed E-state index contributed by atoms with van der Waals surface area (Å²) in [5.41, 5.74) is 4.25. The number of nitrogens with one attached hydrogen (secondary N) is 3. The third kappa shape index (κ3) is 7.15. The number of hydrogen-bond donors (Lipinski definition) is 3. The molecule has 0 fully saturated rings. The zero-order valence-electron chi connectivity index (χ0n) is 26.4. The van der Waals surface area contributed by atoms with Gasteiger partial charge in [-0.2, -0.15) is 0 Å². The first-order valence-corrected chi connectivity index (χ1v) is 15.1. The summed E-state index contributed by atoms with van der Waals surface area (Å²) in [7, 11) is 4.68. The van der Waals surface area contributed by atoms with Crippen molar-refractivity contribution in [2.75, 3.05) is 33.2 Å². The van der Waals surface area contributed by atoms with Crippen molar-refractivity contribution in [2.45, 2.75) is 58.5 Å². The van der Waals surface area contributed by atoms with Crippen LogP contribution in [0.5, 0.6) is 17.2 Å². The van der Waals surface area contributed by atoms with Crippen LogP contribution in [0.2, 0.25) is 0 Å². The molecule has 0 radical (unpaired) electrons. The molecule has 0 unspecified atom stereocenters. The van der Waals surface area contributed by atoms with Crippen LogP contribution in [0.15, 0.2) is 59.4 Å². The SMILES string of the molecule is CC[C@@H](C)[C@H](Nc1ccc2c(cc1=O)[C@@H](NC(C)=O)CCc1cc(OC)c(OC)c(OC)c1-2)C(=O)NCCc1ccccc1. The van der Waals surface area contributed by atoms with Gasteiger partial charge in [0.2, 0.25) is 23.0 Å². The summed E-state index contributed by atoms with van der Waals surface area (Å²) in [4.78, 5) is 39.5. The highest BCUT2D eigenvalue weighted by molar-refractivity contribution is 5.86. The van der Waals surface area contributed by atoms with E-state index in [4.69, 9.17) is 14.2 Å². The van der Waals surface area contributed by atoms with Crippen molar-refractivity contribution in [1.29, 1.82) is 0 Å². The van der Waals surface area contributed by atoms with Gasteiger partial charge in [-0.15, -0.1) is 0 Å². The van der Waals surface area contributed by atoms with Crippen molar-refractivity contribution in [3.63, 3.8) is 0 Å². The van der Waals surface area contributed by atoms with Gasteiger partial charge < -0.3 is 30.2 Å². The van der Waals surface area contributed by atoms with Crippen LogP contribution < -0.4 is 35.6 Å². The number of ether oxygens (including phenoxy) is 3. The van der Waals surface area contributed by atoms with Gasteiger partial charge in [-0.25, -0.2) is 0 Å². The normalized spacial score (nSPS) is 15.0. The molecule has 3 aromatic rings. The van der Waals surface area contributed by atoms with Crippen LogP contribution in [0.3, 0.4) is 0 Å². The second-order valence-corrected chi connectivity index (χ2v) is 11.1. The molecular formula is C35H43N3O6. The molecule has 0 aliphatic heterocycles. The number of amides is 2. The zero-order valence-corrected chi connectivity index (χ0v) is 26.4. The van der Waals surface area contributed by atoms with E-state index in [-0.39, 0.29) is 23.2 Å². The first-order valence-electron chi connectivity index (χ1n) is 15.1. The molecule has 0 bridgehead atoms. The van der Waals surface area contributed by atoms with E-state index in [9.17, 15) is 14.4 Å². The number of fused-ring (bicyclic) bond motifs is 3. The van der Waals surface area contributed by atoms with E-state index in [1.54, 1.807) is 33.5 Å². The Bertz CT molecular complexity index is 1540. The van der Waals surface area contributed by atoms with E-state index in [0.29, 0.717) is 54.3 Å². The van der Waals surface area contributed by atoms with Gasteiger partial charge in [-0.3, -0.25) is 14.4 Å². The van der Waals surface area contributed by atoms with Crippen molar-refractivity contribution in [1.82, 2.24) is 10.6 Å². The van der Waals surface area contributed by atoms with Gasteiger partial charge in [0.1, 0.15) is 6.04 Å². The van der Waals surface area contributed by atoms with Crippen molar-refractivity contribution in [2.24, 2.45) is 5.92 Å². The maximum Gasteiger partial charge on any atom is 0.242 e. The quantitative estimate of drug-likeness (QED) is 0.266. The molecule has 44 heavy (non-hydrogen) atoms. The van der Waals surface area contributed by atoms with Crippen molar-refractivity contribution in [3.8, 4) is 28.4 Å². The van der Waals surface area contributed by atoms with Crippen LogP contribution in [-0.4, -0.2) is 45.7 Å². The van der Waals surface area contributed by atoms with Crippen LogP contribution in [-0.2, 0) is 22.4 Å². The molecule has 1 aliphatic rings. The van der Waals surface area contributed by atoms with Gasteiger partial charge in [0, 0.05) is 19.0 Å². The molecule has 0 saturated carbocycles. The number of rotatable bonds is 12. The summed E-state index contributed by atoms with van der Waals surface area (Å²) in [5.74, 6) is 1.05. The lowest BCUT2D eigenvalue weighted by Crippen LogP contribution is -2.45. The first-order chi connectivity index (χ1) is 21.2. The number of methoxy groups -OCH3 is 3. The number of carbonyl (C=O) groups is 2. The summed E-state index contributed by atoms with van der Waals surface area (Å²) in [6, 6.07) is 16.0. The van der Waals surface area contributed by atoms with E-state index in [2.05, 4.69) is 16.0 Å². The molecule has 1 aliphatic carbocycles. The topological polar surface area (TPSA) is 115 Å². The average molecular weight is 602 g/mol. The summed E-state index contributed by atoms with van der Waals surface area (Å²) >= 11 is 0. The molecule has 234 valence electrons. The minimum atomic E-state index is -0.622. The average Bonchev–Trinajstić information content (AvgIpc) is 3.26. The Hall–Kier alpha value is -4.53. The second-order valence-electron chi connectivity index (χ2n) is 11.1. The predicted octanol–water partition coefficient (Wildman–Crippen LogP) is 5.05. The lowest BCUT2D eigenvalue weighted by Gasteiger charge is -2.24. The second kappa shape index (κ2) is 14.8. The van der Waals surface area contributed by atoms with E-state index in [0.717, 1.165) is 28.7 Å². The molecule has 0 heterocycles. The van der Waals surface area contributed by atoms with Gasteiger partial charge in [-0.05, 0) is 65.6 Å². The van der Waals surface area contributed by atoms with Crippen molar-refractivity contribution < 1.29 is 23.8 Å². The molecule has 3 aromatic carbocycles. The molecule has 0 spiro atoms. The first kappa shape index (κ1) is 32.4. The van der Waals surface area contributed by atoms with Crippen LogP contribution in [0.25, 0.3) is 11.1 Å². The van der Waals surface area contributed by atoms with Gasteiger partial charge in [0.05, 0.1) is 33.1 Å². The third-order valence-corrected chi connectivity index (χ3v) is 8.28. The van der Waals surface area contributed by atoms with Crippen LogP contribution in [0, 0.1) is 5.92 Å². The molecule has 3 atom stereocenters. The Kier molecular flexibility index (Phi) is 10.9. The number of benzene rings is 2. The number of hydrogen-bond acceptors (Lipinski definition) is 7. The van der Waals surface area contributed by atoms with Crippen LogP contribution in [0.4, 0.5) is 5.69 Å². The summed E-state index contributed by atoms with van der Waals surface area (Å²) in [6.07, 6.45) is 2.61. The number of anilines is 1. The Morgan fingerprint density at radius 1 is 0.977 bits per heavy atom. The molecular weight excluding hydrogens is 558 g/mol. The minimum absolute atomic E-state index is 0.0425. The molecule has 2 amide bonds. The molecule has 0 aromatic heterocycles. The Labute approximate surface area is 259 Å². The maximum atomic E-state index is 13.8. The monoisotopic (exact) mass is 601 g/mol. The number of aryl methyl sites for hydroxylation is 1. The van der Waals surface area contributed by atoms with Gasteiger partial charge in [0.15, 0.2) is 11.5 Å². The fourth-order valence-corrected chi connectivity index (χ4v) is 5.78. The molecule has 9 nitrogen and oxygen atoms in total. The Morgan fingerprint density at radius 3 is 2.34 bits per heavy atom. The highest BCUT2D eigenvalue weighted by atomic mass is 16.5. The standard InChI is InChI=1S/C35H43N3O6/c1-7-21(2)32(35(41)36-18-17-23-11-9-8-10-12-23)38-28-16-14-25-26(20-29(28)40)27(37-22(3)39)15-13-24-19-30(42-4)33(43-5)34(44-6)31(24)25/h8-12,14,16,19-21,27,32H,7,13,15,17-18H2,1-6H3,(H,36,41)(H,37,39)(H,38,40)/t21-,27+,32+/m1/s1. The molecule has 0 saturated heterocycles. The summed E-state index contributed by atoms with van der Waals surface area (Å²) in [6.45, 7) is 5.96. The highest BCUT2D eigenvalue weighted by Gasteiger charge is 2.30. The van der Waals surface area contributed by atoms with E-state index < -0.39 is 12.1 Å². The van der Waals surface area contributed by atoms with Crippen molar-refractivity contribution >= 4 is 17.5 Å². The fourth-order valence-electron chi connectivity index (χ4n) is 5.78. The lowest BCUT2D eigenvalue weighted by molar-refractivity contribution is -0.123. The highest BCUT2D eigenvalue weighted by Crippen LogP contribution is 2.50. The van der Waals surface area contributed by atoms with Crippen molar-refractivity contribution in [3.05, 3.63) is 81.5 Å². The van der Waals surface area contributed by atoms with E-state index in [1.165, 1.54) is 6.92 Å². The third-order valence-electron chi connectivity index (χ3n) is 8.28. The van der Waals surface area contributed by atoms with Gasteiger partial charge >= 0.3 is 0 Å². The van der Waals surface area contributed by atoms with E-state index >= 15 is 0 Å². The van der Waals surface area contributed by atoms with Crippen LogP contribution in [0.1, 0.15) is 56.3 Å².